The molecule has 0 bridgehead atoms. The zero-order chi connectivity index (χ0) is 24.2. The number of aliphatic hydroxyl groups is 1. The molecule has 0 spiro atoms. The minimum absolute atomic E-state index is 0. The molecule has 5 aliphatic rings. The van der Waals surface area contributed by atoms with Crippen LogP contribution in [0.3, 0.4) is 0 Å². The van der Waals surface area contributed by atoms with Crippen LogP contribution < -0.4 is 6.15 Å². The van der Waals surface area contributed by atoms with Gasteiger partial charge in [-0.05, 0) is 109 Å². The van der Waals surface area contributed by atoms with Crippen LogP contribution in [-0.2, 0) is 4.79 Å². The first-order chi connectivity index (χ1) is 15.3. The average Bonchev–Trinajstić information content (AvgIpc) is 2.74. The lowest BCUT2D eigenvalue weighted by molar-refractivity contribution is -0.206. The summed E-state index contributed by atoms with van der Waals surface area (Å²) in [7, 11) is 0. The van der Waals surface area contributed by atoms with Gasteiger partial charge < -0.3 is 16.4 Å². The Bertz CT molecular complexity index is 880. The Morgan fingerprint density at radius 3 is 2.24 bits per heavy atom. The highest BCUT2D eigenvalue weighted by molar-refractivity contribution is 5.76. The van der Waals surface area contributed by atoms with Crippen molar-refractivity contribution in [2.45, 2.75) is 112 Å². The van der Waals surface area contributed by atoms with Gasteiger partial charge in [-0.1, -0.05) is 60.1 Å². The Morgan fingerprint density at radius 1 is 0.912 bits per heavy atom. The molecule has 10 atom stereocenters. The third-order valence-corrected chi connectivity index (χ3v) is 13.4. The van der Waals surface area contributed by atoms with Gasteiger partial charge in [0.2, 0.25) is 0 Å². The molecule has 5 aliphatic carbocycles. The van der Waals surface area contributed by atoms with Gasteiger partial charge in [0.15, 0.2) is 0 Å². The highest BCUT2D eigenvalue weighted by Gasteiger charge is 2.69. The van der Waals surface area contributed by atoms with Crippen molar-refractivity contribution in [3.05, 3.63) is 11.6 Å². The Labute approximate surface area is 207 Å². The maximum absolute atomic E-state index is 12.8. The van der Waals surface area contributed by atoms with Gasteiger partial charge in [0.25, 0.3) is 0 Å². The van der Waals surface area contributed by atoms with E-state index in [1.165, 1.54) is 18.4 Å². The van der Waals surface area contributed by atoms with E-state index in [1.54, 1.807) is 0 Å². The summed E-state index contributed by atoms with van der Waals surface area (Å²) in [6.07, 6.45) is 11.6. The number of carboxylic acids is 1. The SMILES string of the molecule is C[C@H]1[C@H](C)CC[C@]2(C(=O)O)CC[C@]3(C)C(=CCC4[C@@]5(C)CC[C@H](O)C(C)(C)C5CC[C@]43C)[C@H]12.N. The molecular weight excluding hydrogens is 422 g/mol. The van der Waals surface area contributed by atoms with Gasteiger partial charge in [0, 0.05) is 0 Å². The first kappa shape index (κ1) is 26.2. The lowest BCUT2D eigenvalue weighted by Crippen LogP contribution is -2.65. The van der Waals surface area contributed by atoms with E-state index in [2.05, 4.69) is 54.5 Å². The molecule has 5 N–H and O–H groups in total. The lowest BCUT2D eigenvalue weighted by Gasteiger charge is -2.71. The molecule has 0 heterocycles. The highest BCUT2D eigenvalue weighted by Crippen LogP contribution is 2.75. The van der Waals surface area contributed by atoms with Crippen molar-refractivity contribution in [2.75, 3.05) is 0 Å². The van der Waals surface area contributed by atoms with Gasteiger partial charge in [-0.3, -0.25) is 4.79 Å². The molecule has 5 rings (SSSR count). The van der Waals surface area contributed by atoms with Crippen molar-refractivity contribution in [3.8, 4) is 0 Å². The van der Waals surface area contributed by atoms with Crippen LogP contribution in [0.4, 0.5) is 0 Å². The maximum Gasteiger partial charge on any atom is 0.310 e. The van der Waals surface area contributed by atoms with Crippen LogP contribution in [0, 0.1) is 56.7 Å². The third kappa shape index (κ3) is 2.93. The minimum Gasteiger partial charge on any atom is -0.481 e. The van der Waals surface area contributed by atoms with E-state index in [-0.39, 0.29) is 39.8 Å². The summed E-state index contributed by atoms with van der Waals surface area (Å²) in [4.78, 5) is 12.8. The zero-order valence-electron chi connectivity index (χ0n) is 22.9. The topological polar surface area (TPSA) is 92.5 Å². The van der Waals surface area contributed by atoms with E-state index < -0.39 is 11.4 Å². The number of aliphatic carboxylic acids is 1. The fourth-order valence-corrected chi connectivity index (χ4v) is 10.8. The van der Waals surface area contributed by atoms with Crippen molar-refractivity contribution in [3.63, 3.8) is 0 Å². The summed E-state index contributed by atoms with van der Waals surface area (Å²) < 4.78 is 0. The molecule has 4 heteroatoms. The number of carbonyl (C=O) groups is 1. The first-order valence-electron chi connectivity index (χ1n) is 13.9. The second-order valence-electron chi connectivity index (χ2n) is 14.5. The normalized spacial score (nSPS) is 53.7. The molecule has 0 aromatic heterocycles. The van der Waals surface area contributed by atoms with Crippen LogP contribution in [0.25, 0.3) is 0 Å². The van der Waals surface area contributed by atoms with Gasteiger partial charge in [-0.15, -0.1) is 0 Å². The predicted molar refractivity (Wildman–Crippen MR) is 138 cm³/mol. The third-order valence-electron chi connectivity index (χ3n) is 13.4. The van der Waals surface area contributed by atoms with E-state index in [4.69, 9.17) is 0 Å². The van der Waals surface area contributed by atoms with Crippen LogP contribution in [0.2, 0.25) is 0 Å². The fraction of sp³-hybridized carbons (Fsp3) is 0.900. The molecule has 4 fully saturated rings. The molecule has 34 heavy (non-hydrogen) atoms. The van der Waals surface area contributed by atoms with Crippen LogP contribution in [0.5, 0.6) is 0 Å². The molecule has 0 aromatic rings. The number of fused-ring (bicyclic) bond motifs is 7. The van der Waals surface area contributed by atoms with Crippen LogP contribution in [0.15, 0.2) is 11.6 Å². The Balaban J connectivity index is 0.00000274. The molecule has 4 saturated carbocycles. The first-order valence-corrected chi connectivity index (χ1v) is 13.9. The fourth-order valence-electron chi connectivity index (χ4n) is 10.8. The maximum atomic E-state index is 12.8. The summed E-state index contributed by atoms with van der Waals surface area (Å²) in [6, 6.07) is 0. The highest BCUT2D eigenvalue weighted by atomic mass is 16.4. The van der Waals surface area contributed by atoms with Crippen molar-refractivity contribution >= 4 is 5.97 Å². The van der Waals surface area contributed by atoms with E-state index in [9.17, 15) is 15.0 Å². The number of rotatable bonds is 1. The molecule has 0 aliphatic heterocycles. The largest absolute Gasteiger partial charge is 0.481 e. The average molecular weight is 474 g/mol. The van der Waals surface area contributed by atoms with E-state index in [0.717, 1.165) is 44.9 Å². The quantitative estimate of drug-likeness (QED) is 0.350. The van der Waals surface area contributed by atoms with E-state index in [1.807, 2.05) is 0 Å². The molecule has 0 saturated heterocycles. The summed E-state index contributed by atoms with van der Waals surface area (Å²) in [5, 5.41) is 21.4. The molecule has 4 nitrogen and oxygen atoms in total. The molecule has 2 unspecified atom stereocenters. The van der Waals surface area contributed by atoms with Crippen molar-refractivity contribution in [2.24, 2.45) is 56.7 Å². The Morgan fingerprint density at radius 2 is 1.59 bits per heavy atom. The van der Waals surface area contributed by atoms with Gasteiger partial charge in [0.05, 0.1) is 11.5 Å². The number of hydrogen-bond donors (Lipinski definition) is 3. The molecule has 0 aromatic carbocycles. The van der Waals surface area contributed by atoms with Crippen molar-refractivity contribution in [1.82, 2.24) is 6.15 Å². The number of allylic oxidation sites excluding steroid dienone is 2. The van der Waals surface area contributed by atoms with Crippen LogP contribution in [-0.4, -0.2) is 22.3 Å². The summed E-state index contributed by atoms with van der Waals surface area (Å²) >= 11 is 0. The van der Waals surface area contributed by atoms with E-state index >= 15 is 0 Å². The second-order valence-corrected chi connectivity index (χ2v) is 14.5. The zero-order valence-corrected chi connectivity index (χ0v) is 22.9. The number of aliphatic hydroxyl groups excluding tert-OH is 1. The van der Waals surface area contributed by atoms with Crippen molar-refractivity contribution < 1.29 is 15.0 Å². The Kier molecular flexibility index (Phi) is 6.02. The van der Waals surface area contributed by atoms with Crippen LogP contribution >= 0.6 is 0 Å². The molecular formula is C30H51NO3. The molecule has 0 radical (unpaired) electrons. The summed E-state index contributed by atoms with van der Waals surface area (Å²) in [6.45, 7) is 17.0. The summed E-state index contributed by atoms with van der Waals surface area (Å²) in [5.74, 6) is 1.82. The monoisotopic (exact) mass is 473 g/mol. The predicted octanol–water partition coefficient (Wildman–Crippen LogP) is 7.25. The van der Waals surface area contributed by atoms with Gasteiger partial charge in [-0.2, -0.15) is 0 Å². The standard InChI is InChI=1S/C30H48O3.H3N/c1-18-10-15-30(25(32)33)17-16-28(6)20(24(30)19(18)2)8-9-22-27(5)13-12-23(31)26(3,4)21(27)11-14-29(22,28)7;/h8,18-19,21-24,31H,9-17H2,1-7H3,(H,32,33);1H3/t18-,19+,21?,22?,23+,24+,27+,28-,29-,30+;/m1./s1. The minimum atomic E-state index is -0.557. The van der Waals surface area contributed by atoms with Gasteiger partial charge >= 0.3 is 5.97 Å². The number of carboxylic acid groups (broad SMARTS) is 1. The van der Waals surface area contributed by atoms with Gasteiger partial charge in [-0.25, -0.2) is 0 Å². The van der Waals surface area contributed by atoms with E-state index in [0.29, 0.717) is 23.7 Å². The molecule has 0 amide bonds. The number of hydrogen-bond acceptors (Lipinski definition) is 3. The Hall–Kier alpha value is -0.870. The van der Waals surface area contributed by atoms with Crippen molar-refractivity contribution in [1.29, 1.82) is 0 Å². The second kappa shape index (κ2) is 7.81. The summed E-state index contributed by atoms with van der Waals surface area (Å²) in [5.41, 5.74) is 1.46. The smallest absolute Gasteiger partial charge is 0.310 e. The lowest BCUT2D eigenvalue weighted by atomic mass is 9.33. The van der Waals surface area contributed by atoms with Crippen LogP contribution in [0.1, 0.15) is 106 Å². The van der Waals surface area contributed by atoms with Gasteiger partial charge in [0.1, 0.15) is 0 Å². The molecule has 194 valence electrons.